The molecule has 1 aliphatic rings. The molecule has 0 unspecified atom stereocenters. The van der Waals surface area contributed by atoms with Gasteiger partial charge in [-0.3, -0.25) is 9.69 Å². The molecular weight excluding hydrogens is 364 g/mol. The molecule has 1 fully saturated rings. The van der Waals surface area contributed by atoms with Crippen molar-refractivity contribution in [3.63, 3.8) is 0 Å². The van der Waals surface area contributed by atoms with E-state index in [1.54, 1.807) is 6.20 Å². The van der Waals surface area contributed by atoms with Gasteiger partial charge in [0.1, 0.15) is 0 Å². The molecule has 0 atom stereocenters. The molecule has 0 saturated carbocycles. The lowest BCUT2D eigenvalue weighted by atomic mass is 10.1. The summed E-state index contributed by atoms with van der Waals surface area (Å²) in [6, 6.07) is 11.6. The average Bonchev–Trinajstić information content (AvgIpc) is 2.74. The fourth-order valence-electron chi connectivity index (χ4n) is 3.45. The Hall–Kier alpha value is -3.47. The maximum absolute atomic E-state index is 11.0. The molecule has 3 N–H and O–H groups in total. The molecule has 0 radical (unpaired) electrons. The second-order valence-corrected chi connectivity index (χ2v) is 6.94. The predicted octanol–water partition coefficient (Wildman–Crippen LogP) is 2.33. The molecule has 7 heteroatoms. The minimum Gasteiger partial charge on any atom is -0.329 e. The molecular formula is C22H22N6O. The first kappa shape index (κ1) is 18.9. The second kappa shape index (κ2) is 8.69. The average molecular weight is 386 g/mol. The molecule has 2 aromatic carbocycles. The second-order valence-electron chi connectivity index (χ2n) is 6.94. The molecule has 1 aliphatic heterocycles. The van der Waals surface area contributed by atoms with E-state index in [0.29, 0.717) is 12.4 Å². The number of rotatable bonds is 6. The summed E-state index contributed by atoms with van der Waals surface area (Å²) in [6.45, 7) is 4.80. The van der Waals surface area contributed by atoms with Gasteiger partial charge in [0.15, 0.2) is 0 Å². The summed E-state index contributed by atoms with van der Waals surface area (Å²) in [7, 11) is 0. The zero-order chi connectivity index (χ0) is 20.1. The Morgan fingerprint density at radius 1 is 1.17 bits per heavy atom. The lowest BCUT2D eigenvalue weighted by Gasteiger charge is -2.27. The van der Waals surface area contributed by atoms with Crippen LogP contribution in [-0.2, 0) is 11.3 Å². The van der Waals surface area contributed by atoms with Crippen molar-refractivity contribution in [2.45, 2.75) is 6.54 Å². The molecule has 0 spiro atoms. The molecule has 146 valence electrons. The van der Waals surface area contributed by atoms with Crippen LogP contribution in [0.25, 0.3) is 10.9 Å². The lowest BCUT2D eigenvalue weighted by molar-refractivity contribution is -0.105. The number of fused-ring (bicyclic) bond motifs is 1. The number of carbonyl (C=O) groups is 1. The summed E-state index contributed by atoms with van der Waals surface area (Å²) in [6.07, 6.45) is 7.89. The largest absolute Gasteiger partial charge is 0.329 e. The summed E-state index contributed by atoms with van der Waals surface area (Å²) in [5.41, 5.74) is 4.27. The number of nitrogens with one attached hydrogen (secondary N) is 3. The highest BCUT2D eigenvalue weighted by Crippen LogP contribution is 2.23. The van der Waals surface area contributed by atoms with E-state index in [-0.39, 0.29) is 0 Å². The van der Waals surface area contributed by atoms with Crippen molar-refractivity contribution in [2.75, 3.05) is 36.8 Å². The Kier molecular flexibility index (Phi) is 5.66. The summed E-state index contributed by atoms with van der Waals surface area (Å²) in [5, 5.41) is 10.2. The minimum absolute atomic E-state index is 0.488. The maximum Gasteiger partial charge on any atom is 0.227 e. The number of hydrogen-bond acceptors (Lipinski definition) is 6. The van der Waals surface area contributed by atoms with Gasteiger partial charge in [0, 0.05) is 61.2 Å². The van der Waals surface area contributed by atoms with Gasteiger partial charge >= 0.3 is 0 Å². The molecule has 4 rings (SSSR count). The highest BCUT2D eigenvalue weighted by Gasteiger charge is 2.11. The van der Waals surface area contributed by atoms with Crippen LogP contribution in [0, 0.1) is 12.3 Å². The monoisotopic (exact) mass is 386 g/mol. The third-order valence-electron chi connectivity index (χ3n) is 4.84. The highest BCUT2D eigenvalue weighted by atomic mass is 16.1. The fourth-order valence-corrected chi connectivity index (χ4v) is 3.45. The first-order valence-corrected chi connectivity index (χ1v) is 9.51. The summed E-state index contributed by atoms with van der Waals surface area (Å²) in [4.78, 5) is 22.3. The Morgan fingerprint density at radius 2 is 2.00 bits per heavy atom. The van der Waals surface area contributed by atoms with E-state index in [0.717, 1.165) is 66.1 Å². The van der Waals surface area contributed by atoms with Crippen molar-refractivity contribution < 1.29 is 4.79 Å². The molecule has 7 nitrogen and oxygen atoms in total. The van der Waals surface area contributed by atoms with E-state index in [9.17, 15) is 4.79 Å². The lowest BCUT2D eigenvalue weighted by Crippen LogP contribution is -2.42. The predicted molar refractivity (Wildman–Crippen MR) is 115 cm³/mol. The van der Waals surface area contributed by atoms with Gasteiger partial charge in [-0.05, 0) is 42.0 Å². The topological polar surface area (TPSA) is 82.2 Å². The van der Waals surface area contributed by atoms with Gasteiger partial charge in [0.25, 0.3) is 0 Å². The third kappa shape index (κ3) is 4.69. The molecule has 1 saturated heterocycles. The van der Waals surface area contributed by atoms with Crippen LogP contribution in [0.2, 0.25) is 0 Å². The van der Waals surface area contributed by atoms with E-state index in [1.165, 1.54) is 0 Å². The van der Waals surface area contributed by atoms with Gasteiger partial charge in [-0.25, -0.2) is 9.97 Å². The number of piperazine rings is 1. The molecule has 0 bridgehead atoms. The quantitative estimate of drug-likeness (QED) is 0.446. The first-order valence-electron chi connectivity index (χ1n) is 9.51. The standard InChI is InChI=1S/C22H22N6O/c1-2-16-3-4-21-18(9-16)13-24-22(27-21)26-20-11-17(10-19(12-20)25-15-29)14-28-7-5-23-6-8-28/h1,3-4,9-13,15,23H,5-8,14H2,(H,25,29)(H,24,26,27). The summed E-state index contributed by atoms with van der Waals surface area (Å²) in [5.74, 6) is 3.11. The van der Waals surface area contributed by atoms with Gasteiger partial charge in [0.2, 0.25) is 12.4 Å². The van der Waals surface area contributed by atoms with E-state index in [2.05, 4.69) is 42.8 Å². The van der Waals surface area contributed by atoms with Crippen LogP contribution in [0.4, 0.5) is 17.3 Å². The Balaban J connectivity index is 1.58. The molecule has 0 aliphatic carbocycles. The van der Waals surface area contributed by atoms with Crippen molar-refractivity contribution in [1.82, 2.24) is 20.2 Å². The Bertz CT molecular complexity index is 1070. The zero-order valence-electron chi connectivity index (χ0n) is 16.0. The number of terminal acetylenes is 1. The molecule has 2 heterocycles. The molecule has 1 amide bonds. The van der Waals surface area contributed by atoms with Crippen molar-refractivity contribution in [1.29, 1.82) is 0 Å². The number of amides is 1. The Labute approximate surface area is 169 Å². The normalized spacial score (nSPS) is 14.3. The van der Waals surface area contributed by atoms with E-state index >= 15 is 0 Å². The highest BCUT2D eigenvalue weighted by molar-refractivity contribution is 5.81. The first-order chi connectivity index (χ1) is 14.2. The third-order valence-corrected chi connectivity index (χ3v) is 4.84. The van der Waals surface area contributed by atoms with Crippen molar-refractivity contribution in [3.05, 3.63) is 53.7 Å². The van der Waals surface area contributed by atoms with E-state index < -0.39 is 0 Å². The number of nitrogens with zero attached hydrogens (tertiary/aromatic N) is 3. The number of carbonyl (C=O) groups excluding carboxylic acids is 1. The van der Waals surface area contributed by atoms with Gasteiger partial charge in [-0.15, -0.1) is 6.42 Å². The van der Waals surface area contributed by atoms with Crippen LogP contribution >= 0.6 is 0 Å². The van der Waals surface area contributed by atoms with Gasteiger partial charge in [0.05, 0.1) is 5.52 Å². The van der Waals surface area contributed by atoms with Crippen LogP contribution in [0.5, 0.6) is 0 Å². The van der Waals surface area contributed by atoms with Crippen LogP contribution in [0.3, 0.4) is 0 Å². The molecule has 1 aromatic heterocycles. The molecule has 29 heavy (non-hydrogen) atoms. The van der Waals surface area contributed by atoms with Crippen LogP contribution in [0.15, 0.2) is 42.6 Å². The number of benzene rings is 2. The van der Waals surface area contributed by atoms with Gasteiger partial charge in [-0.2, -0.15) is 0 Å². The number of anilines is 3. The van der Waals surface area contributed by atoms with Crippen molar-refractivity contribution in [3.8, 4) is 12.3 Å². The minimum atomic E-state index is 0.488. The smallest absolute Gasteiger partial charge is 0.227 e. The van der Waals surface area contributed by atoms with Crippen molar-refractivity contribution >= 4 is 34.6 Å². The number of aromatic nitrogens is 2. The van der Waals surface area contributed by atoms with Gasteiger partial charge in [-0.1, -0.05) is 5.92 Å². The van der Waals surface area contributed by atoms with Crippen LogP contribution < -0.4 is 16.0 Å². The van der Waals surface area contributed by atoms with E-state index in [1.807, 2.05) is 30.3 Å². The SMILES string of the molecule is C#Cc1ccc2nc(Nc3cc(CN4CCNCC4)cc(NC=O)c3)ncc2c1. The Morgan fingerprint density at radius 3 is 2.79 bits per heavy atom. The van der Waals surface area contributed by atoms with Crippen LogP contribution in [0.1, 0.15) is 11.1 Å². The van der Waals surface area contributed by atoms with Crippen molar-refractivity contribution in [2.24, 2.45) is 0 Å². The molecule has 3 aromatic rings. The van der Waals surface area contributed by atoms with E-state index in [4.69, 9.17) is 6.42 Å². The zero-order valence-corrected chi connectivity index (χ0v) is 16.0. The maximum atomic E-state index is 11.0. The van der Waals surface area contributed by atoms with Crippen LogP contribution in [-0.4, -0.2) is 47.5 Å². The van der Waals surface area contributed by atoms with Gasteiger partial charge < -0.3 is 16.0 Å². The summed E-state index contributed by atoms with van der Waals surface area (Å²) >= 11 is 0. The summed E-state index contributed by atoms with van der Waals surface area (Å²) < 4.78 is 0. The number of hydrogen-bond donors (Lipinski definition) is 3. The fraction of sp³-hybridized carbons (Fsp3) is 0.227.